The number of esters is 3. The minimum absolute atomic E-state index is 0.0794. The smallest absolute Gasteiger partial charge is 0.463 e. The molecule has 0 aromatic rings. The second kappa shape index (κ2) is 88.2. The number of allylic oxidation sites excluding steroid dienone is 28. The lowest BCUT2D eigenvalue weighted by Crippen LogP contribution is -2.30. The summed E-state index contributed by atoms with van der Waals surface area (Å²) in [5, 5.41) is 20.7. The summed E-state index contributed by atoms with van der Waals surface area (Å²) in [5.74, 6) is -1.61. The van der Waals surface area contributed by atoms with Crippen molar-refractivity contribution in [2.75, 3.05) is 39.6 Å². The molecule has 5 atom stereocenters. The molecule has 18 heteroatoms. The monoisotopic (exact) mass is 1650 g/mol. The van der Waals surface area contributed by atoms with Crippen LogP contribution in [0.25, 0.3) is 0 Å². The predicted molar refractivity (Wildman–Crippen MR) is 482 cm³/mol. The van der Waals surface area contributed by atoms with E-state index in [1.807, 2.05) is 0 Å². The van der Waals surface area contributed by atoms with Gasteiger partial charge in [-0.1, -0.05) is 364 Å². The van der Waals surface area contributed by atoms with Crippen molar-refractivity contribution in [2.24, 2.45) is 0 Å². The van der Waals surface area contributed by atoms with Gasteiger partial charge in [0, 0.05) is 19.3 Å². The molecular weight excluding hydrogens is 1480 g/mol. The van der Waals surface area contributed by atoms with Crippen LogP contribution in [0.2, 0.25) is 0 Å². The van der Waals surface area contributed by atoms with Crippen LogP contribution in [-0.2, 0) is 55.8 Å². The first kappa shape index (κ1) is 110. The number of carbonyl (C=O) groups is 3. The van der Waals surface area contributed by atoms with Gasteiger partial charge in [0.15, 0.2) is 6.10 Å². The second-order valence-electron chi connectivity index (χ2n) is 30.0. The average molecular weight is 1650 g/mol. The molecule has 658 valence electrons. The molecule has 0 fully saturated rings. The molecule has 0 saturated heterocycles. The van der Waals surface area contributed by atoms with E-state index in [1.165, 1.54) is 128 Å². The van der Waals surface area contributed by atoms with Crippen LogP contribution < -0.4 is 0 Å². The van der Waals surface area contributed by atoms with Crippen molar-refractivity contribution < 1.29 is 75.8 Å². The third-order valence-corrected chi connectivity index (χ3v) is 20.8. The van der Waals surface area contributed by atoms with Gasteiger partial charge in [-0.25, -0.2) is 9.13 Å². The lowest BCUT2D eigenvalue weighted by Gasteiger charge is -2.21. The van der Waals surface area contributed by atoms with Crippen LogP contribution in [0.1, 0.15) is 367 Å². The number of rotatable bonds is 85. The minimum atomic E-state index is -4.95. The van der Waals surface area contributed by atoms with Gasteiger partial charge in [-0.3, -0.25) is 32.5 Å². The summed E-state index contributed by atoms with van der Waals surface area (Å²) in [6.07, 6.45) is 114. The van der Waals surface area contributed by atoms with E-state index in [0.29, 0.717) is 19.3 Å². The lowest BCUT2D eigenvalue weighted by atomic mass is 10.0. The molecule has 0 aromatic carbocycles. The zero-order chi connectivity index (χ0) is 83.6. The van der Waals surface area contributed by atoms with E-state index in [4.69, 9.17) is 32.3 Å². The molecule has 0 rings (SSSR count). The highest BCUT2D eigenvalue weighted by Gasteiger charge is 2.29. The van der Waals surface area contributed by atoms with Crippen LogP contribution in [0, 0.1) is 0 Å². The fraction of sp³-hybridized carbons (Fsp3) is 0.680. The minimum Gasteiger partial charge on any atom is -0.463 e. The molecule has 115 heavy (non-hydrogen) atoms. The largest absolute Gasteiger partial charge is 0.472 e. The first-order valence-electron chi connectivity index (χ1n) is 45.4. The standard InChI is InChI=1S/C97H164O16P2/c1-4-7-10-13-16-19-22-25-28-31-34-36-38-40-41-42-43-44-45-46-47-48-49-51-53-54-57-59-62-65-68-71-74-77-80-83-95(100)107-86-92(98)87-109-114(103,104)110-88-93(99)89-111-115(105,106)112-91-94(113-97(102)85-82-79-76-73-70-67-64-61-56-33-30-27-24-21-18-15-12-9-6-3)90-108-96(101)84-81-78-75-72-69-66-63-60-58-55-52-50-39-37-35-32-29-26-23-20-17-14-11-8-5-2/h8-9,11-12,16-21,25-30,34-37,40-41,50,52,56,58,60-61,92-94,98-99H,4-7,10,13-15,22-24,31-33,38-39,42-49,51,53-55,57,59,62-91H2,1-3H3,(H,103,104)(H,105,106)/b11-8-,12-9-,19-16-,20-17-,21-18-,28-25-,29-26-,30-27-,36-34-,37-35-,41-40-,52-50-,60-58-,61-56-. The van der Waals surface area contributed by atoms with E-state index in [0.717, 1.165) is 180 Å². The molecule has 0 spiro atoms. The molecule has 0 radical (unpaired) electrons. The van der Waals surface area contributed by atoms with Crippen molar-refractivity contribution in [3.05, 3.63) is 170 Å². The first-order valence-corrected chi connectivity index (χ1v) is 48.4. The van der Waals surface area contributed by atoms with Crippen LogP contribution in [0.3, 0.4) is 0 Å². The van der Waals surface area contributed by atoms with E-state index in [-0.39, 0.29) is 19.3 Å². The Hall–Kier alpha value is -5.09. The maximum atomic E-state index is 13.0. The number of unbranched alkanes of at least 4 members (excludes halogenated alkanes) is 34. The highest BCUT2D eigenvalue weighted by atomic mass is 31.2. The molecule has 0 aliphatic rings. The lowest BCUT2D eigenvalue weighted by molar-refractivity contribution is -0.161. The molecule has 0 amide bonds. The van der Waals surface area contributed by atoms with E-state index in [2.05, 4.69) is 191 Å². The molecule has 0 bridgehead atoms. The number of carbonyl (C=O) groups excluding carboxylic acids is 3. The van der Waals surface area contributed by atoms with Crippen LogP contribution in [-0.4, -0.2) is 95.9 Å². The summed E-state index contributed by atoms with van der Waals surface area (Å²) in [4.78, 5) is 58.9. The van der Waals surface area contributed by atoms with Crippen molar-refractivity contribution in [2.45, 2.75) is 386 Å². The Bertz CT molecular complexity index is 2770. The quantitative estimate of drug-likeness (QED) is 0.0146. The van der Waals surface area contributed by atoms with Gasteiger partial charge in [-0.05, 0) is 154 Å². The molecule has 0 heterocycles. The van der Waals surface area contributed by atoms with Gasteiger partial charge < -0.3 is 34.2 Å². The molecule has 0 aromatic heterocycles. The molecule has 0 saturated carbocycles. The Morgan fingerprint density at radius 2 is 0.461 bits per heavy atom. The predicted octanol–water partition coefficient (Wildman–Crippen LogP) is 27.9. The number of phosphoric acid groups is 2. The summed E-state index contributed by atoms with van der Waals surface area (Å²) < 4.78 is 61.4. The molecule has 4 N–H and O–H groups in total. The van der Waals surface area contributed by atoms with Gasteiger partial charge in [-0.2, -0.15) is 0 Å². The summed E-state index contributed by atoms with van der Waals surface area (Å²) in [5.41, 5.74) is 0. The highest BCUT2D eigenvalue weighted by Crippen LogP contribution is 2.45. The van der Waals surface area contributed by atoms with Gasteiger partial charge in [-0.15, -0.1) is 0 Å². The molecule has 5 unspecified atom stereocenters. The summed E-state index contributed by atoms with van der Waals surface area (Å²) in [6, 6.07) is 0. The fourth-order valence-electron chi connectivity index (χ4n) is 12.1. The van der Waals surface area contributed by atoms with E-state index in [1.54, 1.807) is 0 Å². The van der Waals surface area contributed by atoms with Crippen molar-refractivity contribution >= 4 is 33.6 Å². The van der Waals surface area contributed by atoms with Crippen LogP contribution in [0.15, 0.2) is 170 Å². The van der Waals surface area contributed by atoms with Crippen molar-refractivity contribution in [3.63, 3.8) is 0 Å². The molecule has 0 aliphatic heterocycles. The Balaban J connectivity index is 4.52. The van der Waals surface area contributed by atoms with Gasteiger partial charge in [0.25, 0.3) is 0 Å². The van der Waals surface area contributed by atoms with Gasteiger partial charge in [0.2, 0.25) is 0 Å². The highest BCUT2D eigenvalue weighted by molar-refractivity contribution is 7.47. The summed E-state index contributed by atoms with van der Waals surface area (Å²) in [7, 11) is -9.82. The Labute approximate surface area is 701 Å². The second-order valence-corrected chi connectivity index (χ2v) is 32.9. The molecular formula is C97H164O16P2. The number of ether oxygens (including phenoxy) is 3. The zero-order valence-electron chi connectivity index (χ0n) is 72.4. The van der Waals surface area contributed by atoms with Crippen LogP contribution in [0.4, 0.5) is 0 Å². The number of aliphatic hydroxyl groups excluding tert-OH is 2. The number of aliphatic hydroxyl groups is 2. The van der Waals surface area contributed by atoms with E-state index < -0.39 is 91.5 Å². The van der Waals surface area contributed by atoms with Gasteiger partial charge >= 0.3 is 33.6 Å². The van der Waals surface area contributed by atoms with Crippen molar-refractivity contribution in [3.8, 4) is 0 Å². The van der Waals surface area contributed by atoms with Crippen molar-refractivity contribution in [1.82, 2.24) is 0 Å². The number of hydrogen-bond donors (Lipinski definition) is 4. The number of phosphoric ester groups is 2. The van der Waals surface area contributed by atoms with E-state index in [9.17, 15) is 43.5 Å². The van der Waals surface area contributed by atoms with E-state index >= 15 is 0 Å². The summed E-state index contributed by atoms with van der Waals surface area (Å²) in [6.45, 7) is 2.42. The first-order chi connectivity index (χ1) is 56.2. The third kappa shape index (κ3) is 89.5. The maximum Gasteiger partial charge on any atom is 0.472 e. The maximum absolute atomic E-state index is 13.0. The summed E-state index contributed by atoms with van der Waals surface area (Å²) >= 11 is 0. The fourth-order valence-corrected chi connectivity index (χ4v) is 13.7. The molecule has 16 nitrogen and oxygen atoms in total. The Morgan fingerprint density at radius 3 is 0.730 bits per heavy atom. The average Bonchev–Trinajstić information content (AvgIpc) is 0.920. The normalized spacial score (nSPS) is 14.6. The SMILES string of the molecule is CC/C=C\C/C=C\C/C=C\C/C=C\C/C=C\C/C=C\CCCCCCCCC(=O)OCC(COP(=O)(O)OCC(O)COP(=O)(O)OCC(O)COC(=O)CCCCCCCCCCCCCCCCCCCCC/C=C\C/C=C\C/C=C\C/C=C\CCCCC)OC(=O)CCCCCCCC/C=C\C/C=C\C/C=C\C/C=C\CC. The number of hydrogen-bond acceptors (Lipinski definition) is 14. The molecule has 0 aliphatic carbocycles. The van der Waals surface area contributed by atoms with Crippen molar-refractivity contribution in [1.29, 1.82) is 0 Å². The van der Waals surface area contributed by atoms with Crippen LogP contribution >= 0.6 is 15.6 Å². The topological polar surface area (TPSA) is 231 Å². The third-order valence-electron chi connectivity index (χ3n) is 18.9. The van der Waals surface area contributed by atoms with Gasteiger partial charge in [0.05, 0.1) is 26.4 Å². The zero-order valence-corrected chi connectivity index (χ0v) is 74.2. The Kier molecular flexibility index (Phi) is 84.3. The van der Waals surface area contributed by atoms with Gasteiger partial charge in [0.1, 0.15) is 25.4 Å². The van der Waals surface area contributed by atoms with Crippen LogP contribution in [0.5, 0.6) is 0 Å². The Morgan fingerprint density at radius 1 is 0.252 bits per heavy atom.